The number of nitrogens with one attached hydrogen (secondary N) is 1. The van der Waals surface area contributed by atoms with Crippen molar-refractivity contribution < 1.29 is 13.9 Å². The number of primary amides is 1. The van der Waals surface area contributed by atoms with Gasteiger partial charge in [-0.2, -0.15) is 0 Å². The molecule has 3 aromatic rings. The first-order valence-corrected chi connectivity index (χ1v) is 9.04. The fraction of sp³-hybridized carbons (Fsp3) is 0.368. The third kappa shape index (κ3) is 3.13. The fourth-order valence-electron chi connectivity index (χ4n) is 3.52. The number of ether oxygens (including phenoxy) is 1. The summed E-state index contributed by atoms with van der Waals surface area (Å²) in [5.41, 5.74) is 7.85. The number of hydrogen-bond donors (Lipinski definition) is 2. The van der Waals surface area contributed by atoms with Gasteiger partial charge in [0.05, 0.1) is 13.3 Å². The molecular weight excluding hydrogens is 360 g/mol. The number of carbonyl (C=O) groups excluding carboxylic acids is 1. The summed E-state index contributed by atoms with van der Waals surface area (Å²) in [6, 6.07) is 3.94. The minimum atomic E-state index is -0.642. The van der Waals surface area contributed by atoms with E-state index in [0.717, 1.165) is 19.5 Å². The largest absolute Gasteiger partial charge is 0.494 e. The van der Waals surface area contributed by atoms with Gasteiger partial charge in [0.1, 0.15) is 17.3 Å². The summed E-state index contributed by atoms with van der Waals surface area (Å²) in [7, 11) is 3.50. The molecule has 1 aromatic carbocycles. The number of likely N-dealkylation sites (N-methyl/N-ethyl adjacent to an activating group) is 1. The van der Waals surface area contributed by atoms with E-state index < -0.39 is 5.91 Å². The maximum atomic E-state index is 12.0. The topological polar surface area (TPSA) is 119 Å². The highest BCUT2D eigenvalue weighted by Gasteiger charge is 2.25. The lowest BCUT2D eigenvalue weighted by molar-refractivity contribution is 0.0996. The first-order chi connectivity index (χ1) is 13.5. The molecule has 4 rings (SSSR count). The fourth-order valence-corrected chi connectivity index (χ4v) is 3.52. The predicted molar refractivity (Wildman–Crippen MR) is 105 cm³/mol. The lowest BCUT2D eigenvalue weighted by Crippen LogP contribution is -2.30. The molecule has 0 bridgehead atoms. The van der Waals surface area contributed by atoms with Crippen molar-refractivity contribution in [1.82, 2.24) is 20.3 Å². The van der Waals surface area contributed by atoms with Crippen LogP contribution in [0.4, 0.5) is 5.82 Å². The van der Waals surface area contributed by atoms with Crippen molar-refractivity contribution in [3.8, 4) is 17.0 Å². The number of aromatic nitrogens is 3. The Labute approximate surface area is 161 Å². The van der Waals surface area contributed by atoms with Crippen LogP contribution in [-0.4, -0.2) is 54.1 Å². The molecule has 9 nitrogen and oxygen atoms in total. The highest BCUT2D eigenvalue weighted by atomic mass is 16.5. The second kappa shape index (κ2) is 7.08. The van der Waals surface area contributed by atoms with E-state index >= 15 is 0 Å². The molecule has 9 heteroatoms. The van der Waals surface area contributed by atoms with Crippen LogP contribution in [0.3, 0.4) is 0 Å². The molecule has 1 amide bonds. The molecule has 3 N–H and O–H groups in total. The van der Waals surface area contributed by atoms with E-state index in [0.29, 0.717) is 45.9 Å². The zero-order chi connectivity index (χ0) is 19.8. The highest BCUT2D eigenvalue weighted by molar-refractivity contribution is 5.98. The SMILES string of the molecule is CNC1CCN(c2cnc(C(N)=O)c(-c3cc(OC)c4nc(C)oc4c3)n2)C1. The summed E-state index contributed by atoms with van der Waals surface area (Å²) in [4.78, 5) is 27.5. The second-order valence-electron chi connectivity index (χ2n) is 6.77. The number of benzene rings is 1. The van der Waals surface area contributed by atoms with Crippen molar-refractivity contribution in [2.75, 3.05) is 32.1 Å². The maximum absolute atomic E-state index is 12.0. The van der Waals surface area contributed by atoms with Crippen LogP contribution in [-0.2, 0) is 0 Å². The Morgan fingerprint density at radius 3 is 2.89 bits per heavy atom. The summed E-state index contributed by atoms with van der Waals surface area (Å²) < 4.78 is 11.1. The summed E-state index contributed by atoms with van der Waals surface area (Å²) in [6.45, 7) is 3.45. The molecule has 3 heterocycles. The van der Waals surface area contributed by atoms with Crippen LogP contribution >= 0.6 is 0 Å². The van der Waals surface area contributed by atoms with E-state index in [2.05, 4.69) is 20.2 Å². The number of aryl methyl sites for hydroxylation is 1. The molecule has 0 spiro atoms. The molecule has 1 unspecified atom stereocenters. The van der Waals surface area contributed by atoms with Crippen molar-refractivity contribution >= 4 is 22.8 Å². The summed E-state index contributed by atoms with van der Waals surface area (Å²) in [6.07, 6.45) is 2.61. The first kappa shape index (κ1) is 18.2. The molecule has 1 fully saturated rings. The van der Waals surface area contributed by atoms with Crippen molar-refractivity contribution in [2.24, 2.45) is 5.73 Å². The monoisotopic (exact) mass is 382 g/mol. The molecule has 2 aromatic heterocycles. The minimum absolute atomic E-state index is 0.103. The molecular formula is C19H22N6O3. The molecule has 28 heavy (non-hydrogen) atoms. The lowest BCUT2D eigenvalue weighted by atomic mass is 10.1. The number of carbonyl (C=O) groups is 1. The molecule has 0 radical (unpaired) electrons. The van der Waals surface area contributed by atoms with Crippen LogP contribution in [0.2, 0.25) is 0 Å². The van der Waals surface area contributed by atoms with Crippen LogP contribution in [0.25, 0.3) is 22.4 Å². The standard InChI is InChI=1S/C19H22N6O3/c1-10-23-17-13(27-3)6-11(7-14(17)28-10)16-18(19(20)26)22-8-15(24-16)25-5-4-12(9-25)21-2/h6-8,12,21H,4-5,9H2,1-3H3,(H2,20,26). The average molecular weight is 382 g/mol. The third-order valence-electron chi connectivity index (χ3n) is 4.97. The third-order valence-corrected chi connectivity index (χ3v) is 4.97. The average Bonchev–Trinajstić information content (AvgIpc) is 3.32. The van der Waals surface area contributed by atoms with Gasteiger partial charge >= 0.3 is 0 Å². The summed E-state index contributed by atoms with van der Waals surface area (Å²) in [5.74, 6) is 1.11. The van der Waals surface area contributed by atoms with E-state index in [4.69, 9.17) is 19.9 Å². The van der Waals surface area contributed by atoms with Gasteiger partial charge in [-0.25, -0.2) is 15.0 Å². The number of rotatable bonds is 5. The smallest absolute Gasteiger partial charge is 0.269 e. The van der Waals surface area contributed by atoms with E-state index in [1.807, 2.05) is 7.05 Å². The lowest BCUT2D eigenvalue weighted by Gasteiger charge is -2.18. The normalized spacial score (nSPS) is 16.7. The number of nitrogens with zero attached hydrogens (tertiary/aromatic N) is 4. The van der Waals surface area contributed by atoms with Crippen LogP contribution < -0.4 is 20.7 Å². The van der Waals surface area contributed by atoms with Gasteiger partial charge in [0.25, 0.3) is 5.91 Å². The van der Waals surface area contributed by atoms with Gasteiger partial charge in [0.2, 0.25) is 0 Å². The van der Waals surface area contributed by atoms with Crippen LogP contribution in [0.5, 0.6) is 5.75 Å². The predicted octanol–water partition coefficient (Wildman–Crippen LogP) is 1.50. The van der Waals surface area contributed by atoms with Gasteiger partial charge in [-0.3, -0.25) is 4.79 Å². The van der Waals surface area contributed by atoms with Crippen LogP contribution in [0.15, 0.2) is 22.7 Å². The van der Waals surface area contributed by atoms with E-state index in [-0.39, 0.29) is 5.69 Å². The number of methoxy groups -OCH3 is 1. The highest BCUT2D eigenvalue weighted by Crippen LogP contribution is 2.33. The Morgan fingerprint density at radius 2 is 2.21 bits per heavy atom. The van der Waals surface area contributed by atoms with Crippen molar-refractivity contribution in [1.29, 1.82) is 0 Å². The van der Waals surface area contributed by atoms with Crippen molar-refractivity contribution in [3.63, 3.8) is 0 Å². The molecule has 1 atom stereocenters. The Morgan fingerprint density at radius 1 is 1.39 bits per heavy atom. The molecule has 1 saturated heterocycles. The minimum Gasteiger partial charge on any atom is -0.494 e. The van der Waals surface area contributed by atoms with E-state index in [9.17, 15) is 4.79 Å². The molecule has 1 aliphatic rings. The Kier molecular flexibility index (Phi) is 4.60. The van der Waals surface area contributed by atoms with Crippen LogP contribution in [0.1, 0.15) is 22.8 Å². The van der Waals surface area contributed by atoms with E-state index in [1.165, 1.54) is 0 Å². The van der Waals surface area contributed by atoms with Gasteiger partial charge in [-0.1, -0.05) is 0 Å². The zero-order valence-electron chi connectivity index (χ0n) is 16.0. The van der Waals surface area contributed by atoms with Gasteiger partial charge in [-0.15, -0.1) is 0 Å². The Bertz CT molecular complexity index is 1050. The number of amides is 1. The number of oxazole rings is 1. The first-order valence-electron chi connectivity index (χ1n) is 9.04. The summed E-state index contributed by atoms with van der Waals surface area (Å²) >= 11 is 0. The van der Waals surface area contributed by atoms with Gasteiger partial charge in [0.15, 0.2) is 22.7 Å². The van der Waals surface area contributed by atoms with Crippen molar-refractivity contribution in [2.45, 2.75) is 19.4 Å². The molecule has 0 aliphatic carbocycles. The van der Waals surface area contributed by atoms with E-state index in [1.54, 1.807) is 32.4 Å². The zero-order valence-corrected chi connectivity index (χ0v) is 16.0. The number of fused-ring (bicyclic) bond motifs is 1. The maximum Gasteiger partial charge on any atom is 0.269 e. The molecule has 146 valence electrons. The molecule has 0 saturated carbocycles. The van der Waals surface area contributed by atoms with Crippen LogP contribution in [0, 0.1) is 6.92 Å². The number of nitrogens with two attached hydrogens (primary N) is 1. The number of hydrogen-bond acceptors (Lipinski definition) is 8. The Hall–Kier alpha value is -3.20. The van der Waals surface area contributed by atoms with Crippen molar-refractivity contribution in [3.05, 3.63) is 29.9 Å². The van der Waals surface area contributed by atoms with Gasteiger partial charge in [0, 0.05) is 31.6 Å². The summed E-state index contributed by atoms with van der Waals surface area (Å²) in [5, 5.41) is 3.28. The van der Waals surface area contributed by atoms with Gasteiger partial charge in [-0.05, 0) is 25.6 Å². The molecule has 1 aliphatic heterocycles. The second-order valence-corrected chi connectivity index (χ2v) is 6.77. The van der Waals surface area contributed by atoms with Gasteiger partial charge < -0.3 is 25.1 Å². The Balaban J connectivity index is 1.84. The quantitative estimate of drug-likeness (QED) is 0.681. The number of anilines is 1.